The molecule has 15 nitrogen and oxygen atoms in total. The first kappa shape index (κ1) is 35.6. The molecule has 1 saturated heterocycles. The second-order valence-corrected chi connectivity index (χ2v) is 10.6. The van der Waals surface area contributed by atoms with E-state index in [4.69, 9.17) is 24.8 Å². The molecule has 15 heteroatoms. The normalized spacial score (nSPS) is 13.3. The van der Waals surface area contributed by atoms with Gasteiger partial charge in [0.15, 0.2) is 5.96 Å². The van der Waals surface area contributed by atoms with Crippen LogP contribution in [0.3, 0.4) is 0 Å². The molecule has 0 radical (unpaired) electrons. The largest absolute Gasteiger partial charge is 0.444 e. The molecule has 1 fully saturated rings. The maximum absolute atomic E-state index is 13.5. The van der Waals surface area contributed by atoms with Gasteiger partial charge in [-0.3, -0.25) is 19.9 Å². The second-order valence-electron chi connectivity index (χ2n) is 10.6. The van der Waals surface area contributed by atoms with Crippen molar-refractivity contribution >= 4 is 42.0 Å². The smallest absolute Gasteiger partial charge is 0.420 e. The Morgan fingerprint density at radius 1 is 0.735 bits per heavy atom. The minimum absolute atomic E-state index is 0.00233. The van der Waals surface area contributed by atoms with Gasteiger partial charge in [0.05, 0.1) is 0 Å². The third-order valence-electron chi connectivity index (χ3n) is 6.94. The molecule has 1 aliphatic heterocycles. The molecule has 1 aliphatic rings. The average Bonchev–Trinajstić information content (AvgIpc) is 3.43. The minimum Gasteiger partial charge on any atom is -0.444 e. The number of nitrogens with two attached hydrogens (primary N) is 1. The van der Waals surface area contributed by atoms with Crippen molar-refractivity contribution in [1.29, 1.82) is 0 Å². The Kier molecular flexibility index (Phi) is 13.2. The number of rotatable bonds is 13. The van der Waals surface area contributed by atoms with Crippen molar-refractivity contribution in [3.63, 3.8) is 0 Å². The van der Waals surface area contributed by atoms with Crippen molar-refractivity contribution in [2.45, 2.75) is 51.5 Å². The molecule has 3 aromatic carbocycles. The summed E-state index contributed by atoms with van der Waals surface area (Å²) < 4.78 is 15.9. The molecule has 3 N–H and O–H groups in total. The Morgan fingerprint density at radius 2 is 1.18 bits per heavy atom. The van der Waals surface area contributed by atoms with Crippen LogP contribution in [0.1, 0.15) is 42.4 Å². The minimum atomic E-state index is -1.73. The number of carbonyl (C=O) groups excluding carboxylic acids is 6. The predicted molar refractivity (Wildman–Crippen MR) is 172 cm³/mol. The van der Waals surface area contributed by atoms with Crippen molar-refractivity contribution in [3.8, 4) is 0 Å². The first-order valence-corrected chi connectivity index (χ1v) is 15.3. The maximum Gasteiger partial charge on any atom is 0.420 e. The fourth-order valence-corrected chi connectivity index (χ4v) is 4.46. The number of benzene rings is 3. The third kappa shape index (κ3) is 11.2. The van der Waals surface area contributed by atoms with Crippen LogP contribution in [0.4, 0.5) is 14.4 Å². The van der Waals surface area contributed by atoms with E-state index in [0.29, 0.717) is 21.1 Å². The van der Waals surface area contributed by atoms with Crippen molar-refractivity contribution in [2.75, 3.05) is 6.54 Å². The van der Waals surface area contributed by atoms with Gasteiger partial charge in [-0.2, -0.15) is 4.90 Å². The topological polar surface area (TPSA) is 196 Å². The van der Waals surface area contributed by atoms with Crippen LogP contribution in [0.2, 0.25) is 0 Å². The van der Waals surface area contributed by atoms with Gasteiger partial charge in [0, 0.05) is 19.4 Å². The van der Waals surface area contributed by atoms with Crippen molar-refractivity contribution in [3.05, 3.63) is 108 Å². The number of guanidine groups is 1. The number of nitrogens with one attached hydrogen (secondary N) is 1. The van der Waals surface area contributed by atoms with Crippen LogP contribution >= 0.6 is 0 Å². The fraction of sp³-hybridized carbons (Fsp3) is 0.265. The van der Waals surface area contributed by atoms with Gasteiger partial charge >= 0.3 is 24.2 Å². The molecule has 49 heavy (non-hydrogen) atoms. The van der Waals surface area contributed by atoms with Crippen molar-refractivity contribution in [1.82, 2.24) is 15.3 Å². The molecule has 0 bridgehead atoms. The van der Waals surface area contributed by atoms with E-state index in [1.807, 2.05) is 6.07 Å². The SMILES string of the molecule is NC(=NCCC[C@@H](C(=O)ON1C(=O)CCC1=O)N(C(=O)OCc1ccccc1)C(=O)OCc1ccccc1)NC(=O)OCc1ccccc1. The molecule has 0 spiro atoms. The van der Waals surface area contributed by atoms with Crippen LogP contribution < -0.4 is 11.1 Å². The van der Waals surface area contributed by atoms with E-state index in [1.165, 1.54) is 0 Å². The summed E-state index contributed by atoms with van der Waals surface area (Å²) in [4.78, 5) is 86.5. The molecular formula is C34H35N5O10. The van der Waals surface area contributed by atoms with Gasteiger partial charge < -0.3 is 24.8 Å². The number of nitrogens with zero attached hydrogens (tertiary/aromatic N) is 3. The number of hydrogen-bond acceptors (Lipinski definition) is 11. The van der Waals surface area contributed by atoms with E-state index in [0.717, 1.165) is 5.56 Å². The van der Waals surface area contributed by atoms with E-state index in [2.05, 4.69) is 10.3 Å². The summed E-state index contributed by atoms with van der Waals surface area (Å²) in [6, 6.07) is 24.4. The summed E-state index contributed by atoms with van der Waals surface area (Å²) in [5.41, 5.74) is 7.77. The highest BCUT2D eigenvalue weighted by atomic mass is 16.7. The van der Waals surface area contributed by atoms with Crippen LogP contribution in [0, 0.1) is 0 Å². The monoisotopic (exact) mass is 673 g/mol. The summed E-state index contributed by atoms with van der Waals surface area (Å²) in [5, 5.41) is 2.58. The zero-order chi connectivity index (χ0) is 35.0. The Hall–Kier alpha value is -6.25. The first-order chi connectivity index (χ1) is 23.7. The van der Waals surface area contributed by atoms with Crippen LogP contribution in [0.15, 0.2) is 96.0 Å². The van der Waals surface area contributed by atoms with E-state index >= 15 is 0 Å². The molecule has 0 aliphatic carbocycles. The van der Waals surface area contributed by atoms with Crippen LogP contribution in [0.25, 0.3) is 0 Å². The number of aliphatic imine (C=N–C) groups is 1. The highest BCUT2D eigenvalue weighted by Gasteiger charge is 2.42. The summed E-state index contributed by atoms with van der Waals surface area (Å²) in [6.45, 7) is -0.593. The van der Waals surface area contributed by atoms with Crippen LogP contribution in [0.5, 0.6) is 0 Å². The lowest BCUT2D eigenvalue weighted by Crippen LogP contribution is -2.51. The number of ether oxygens (including phenoxy) is 3. The Bertz CT molecular complexity index is 1570. The molecular weight excluding hydrogens is 638 g/mol. The van der Waals surface area contributed by atoms with Gasteiger partial charge in [0.25, 0.3) is 11.8 Å². The number of hydrogen-bond donors (Lipinski definition) is 2. The van der Waals surface area contributed by atoms with Crippen LogP contribution in [-0.4, -0.2) is 64.6 Å². The zero-order valence-corrected chi connectivity index (χ0v) is 26.4. The number of amides is 5. The molecule has 256 valence electrons. The standard InChI is InChI=1S/C34H35N5O10/c35-31(37-32(43)46-21-24-11-4-1-5-12-24)36-20-10-17-27(30(42)49-39-28(40)18-19-29(39)41)38(33(44)47-22-25-13-6-2-7-14-25)34(45)48-23-26-15-8-3-9-16-26/h1-9,11-16,27H,10,17-23H2,(H3,35,36,37,43)/t27-/m0/s1. The second kappa shape index (κ2) is 18.2. The van der Waals surface area contributed by atoms with Crippen molar-refractivity contribution in [2.24, 2.45) is 10.7 Å². The van der Waals surface area contributed by atoms with E-state index in [1.54, 1.807) is 84.9 Å². The number of hydroxylamine groups is 2. The van der Waals surface area contributed by atoms with Gasteiger partial charge in [0.1, 0.15) is 25.9 Å². The molecule has 0 saturated carbocycles. The molecule has 0 unspecified atom stereocenters. The van der Waals surface area contributed by atoms with Crippen LogP contribution in [-0.2, 0) is 53.3 Å². The third-order valence-corrected chi connectivity index (χ3v) is 6.94. The van der Waals surface area contributed by atoms with E-state index in [-0.39, 0.29) is 58.0 Å². The summed E-state index contributed by atoms with van der Waals surface area (Å²) in [7, 11) is 0. The highest BCUT2D eigenvalue weighted by Crippen LogP contribution is 2.19. The van der Waals surface area contributed by atoms with E-state index < -0.39 is 42.1 Å². The lowest BCUT2D eigenvalue weighted by molar-refractivity contribution is -0.200. The number of carbonyl (C=O) groups is 6. The maximum atomic E-state index is 13.5. The molecule has 0 aromatic heterocycles. The van der Waals surface area contributed by atoms with Gasteiger partial charge in [-0.15, -0.1) is 5.06 Å². The average molecular weight is 674 g/mol. The quantitative estimate of drug-likeness (QED) is 0.0876. The molecule has 4 rings (SSSR count). The Labute approximate surface area is 281 Å². The molecule has 1 atom stereocenters. The van der Waals surface area contributed by atoms with E-state index in [9.17, 15) is 28.8 Å². The Balaban J connectivity index is 1.47. The fourth-order valence-electron chi connectivity index (χ4n) is 4.46. The Morgan fingerprint density at radius 3 is 1.65 bits per heavy atom. The number of alkyl carbamates (subject to hydrolysis) is 1. The molecule has 3 aromatic rings. The lowest BCUT2D eigenvalue weighted by atomic mass is 10.1. The van der Waals surface area contributed by atoms with Gasteiger partial charge in [-0.05, 0) is 29.5 Å². The summed E-state index contributed by atoms with van der Waals surface area (Å²) in [5.74, 6) is -3.07. The summed E-state index contributed by atoms with van der Waals surface area (Å²) in [6.07, 6.45) is -3.97. The molecule has 1 heterocycles. The highest BCUT2D eigenvalue weighted by molar-refractivity contribution is 6.02. The van der Waals surface area contributed by atoms with Crippen molar-refractivity contribution < 1.29 is 47.8 Å². The zero-order valence-electron chi connectivity index (χ0n) is 26.4. The summed E-state index contributed by atoms with van der Waals surface area (Å²) >= 11 is 0. The number of imide groups is 2. The van der Waals surface area contributed by atoms with Gasteiger partial charge in [-0.1, -0.05) is 91.0 Å². The molecule has 5 amide bonds. The van der Waals surface area contributed by atoms with Gasteiger partial charge in [0.2, 0.25) is 0 Å². The predicted octanol–water partition coefficient (Wildman–Crippen LogP) is 3.96. The van der Waals surface area contributed by atoms with Gasteiger partial charge in [-0.25, -0.2) is 19.2 Å². The lowest BCUT2D eigenvalue weighted by Gasteiger charge is -2.28. The first-order valence-electron chi connectivity index (χ1n) is 15.3.